The highest BCUT2D eigenvalue weighted by Crippen LogP contribution is 2.36. The van der Waals surface area contributed by atoms with Gasteiger partial charge in [0.1, 0.15) is 5.01 Å². The highest BCUT2D eigenvalue weighted by molar-refractivity contribution is 7.15. The first-order valence-corrected chi connectivity index (χ1v) is 9.41. The quantitative estimate of drug-likeness (QED) is 0.572. The smallest absolute Gasteiger partial charge is 0.257 e. The van der Waals surface area contributed by atoms with E-state index in [1.54, 1.807) is 12.1 Å². The second-order valence-corrected chi connectivity index (χ2v) is 7.26. The van der Waals surface area contributed by atoms with Crippen LogP contribution in [0.3, 0.4) is 0 Å². The molecule has 3 aromatic rings. The predicted molar refractivity (Wildman–Crippen MR) is 102 cm³/mol. The van der Waals surface area contributed by atoms with Crippen molar-refractivity contribution in [2.45, 2.75) is 26.2 Å². The lowest BCUT2D eigenvalue weighted by Crippen LogP contribution is -2.12. The maximum atomic E-state index is 12.6. The van der Waals surface area contributed by atoms with Gasteiger partial charge in [0.15, 0.2) is 5.78 Å². The topological polar surface area (TPSA) is 72.0 Å². The molecule has 1 N–H and O–H groups in total. The number of hydrogen-bond donors (Lipinski definition) is 1. The van der Waals surface area contributed by atoms with E-state index >= 15 is 0 Å². The van der Waals surface area contributed by atoms with Gasteiger partial charge in [-0.15, -0.1) is 10.2 Å². The molecule has 0 saturated heterocycles. The minimum atomic E-state index is -0.283. The van der Waals surface area contributed by atoms with Crippen LogP contribution in [0, 0.1) is 0 Å². The number of carbonyl (C=O) groups is 2. The van der Waals surface area contributed by atoms with Gasteiger partial charge in [-0.25, -0.2) is 0 Å². The van der Waals surface area contributed by atoms with Gasteiger partial charge in [-0.1, -0.05) is 55.0 Å². The Morgan fingerprint density at radius 1 is 1.04 bits per heavy atom. The van der Waals surface area contributed by atoms with Gasteiger partial charge in [0.25, 0.3) is 5.91 Å². The second-order valence-electron chi connectivity index (χ2n) is 6.19. The van der Waals surface area contributed by atoms with Crippen LogP contribution in [0.15, 0.2) is 42.5 Å². The van der Waals surface area contributed by atoms with Gasteiger partial charge in [-0.05, 0) is 29.7 Å². The number of carbonyl (C=O) groups excluding carboxylic acids is 2. The highest BCUT2D eigenvalue weighted by atomic mass is 32.1. The Morgan fingerprint density at radius 2 is 1.81 bits per heavy atom. The van der Waals surface area contributed by atoms with E-state index in [-0.39, 0.29) is 11.7 Å². The monoisotopic (exact) mass is 363 g/mol. The van der Waals surface area contributed by atoms with Crippen molar-refractivity contribution in [3.8, 4) is 11.1 Å². The summed E-state index contributed by atoms with van der Waals surface area (Å²) in [5.41, 5.74) is 3.49. The van der Waals surface area contributed by atoms with Crippen LogP contribution in [-0.4, -0.2) is 21.9 Å². The summed E-state index contributed by atoms with van der Waals surface area (Å²) in [5, 5.41) is 12.3. The molecule has 0 saturated carbocycles. The number of nitrogens with zero attached hydrogens (tertiary/aromatic N) is 2. The fourth-order valence-electron chi connectivity index (χ4n) is 3.07. The van der Waals surface area contributed by atoms with Gasteiger partial charge in [-0.2, -0.15) is 0 Å². The number of amides is 1. The van der Waals surface area contributed by atoms with Crippen molar-refractivity contribution >= 4 is 28.2 Å². The van der Waals surface area contributed by atoms with E-state index in [9.17, 15) is 9.59 Å². The summed E-state index contributed by atoms with van der Waals surface area (Å²) in [5.74, 6) is -0.322. The van der Waals surface area contributed by atoms with Gasteiger partial charge in [0.05, 0.1) is 0 Å². The maximum absolute atomic E-state index is 12.6. The molecule has 0 atom stereocenters. The van der Waals surface area contributed by atoms with Gasteiger partial charge in [0.2, 0.25) is 5.13 Å². The molecule has 26 heavy (non-hydrogen) atoms. The fourth-order valence-corrected chi connectivity index (χ4v) is 3.85. The fraction of sp³-hybridized carbons (Fsp3) is 0.200. The molecule has 1 amide bonds. The summed E-state index contributed by atoms with van der Waals surface area (Å²) >= 11 is 1.39. The van der Waals surface area contributed by atoms with Crippen LogP contribution in [0.5, 0.6) is 0 Å². The number of anilines is 1. The SMILES string of the molecule is CCCCc1nnc(NC(=O)c2ccc3c(c2)C(=O)c2ccccc2-3)s1. The van der Waals surface area contributed by atoms with Crippen molar-refractivity contribution < 1.29 is 9.59 Å². The van der Waals surface area contributed by atoms with Crippen LogP contribution in [0.4, 0.5) is 5.13 Å². The molecule has 0 radical (unpaired) electrons. The first kappa shape index (κ1) is 16.6. The summed E-state index contributed by atoms with van der Waals surface area (Å²) < 4.78 is 0. The predicted octanol–water partition coefficient (Wildman–Crippen LogP) is 4.34. The van der Waals surface area contributed by atoms with Crippen molar-refractivity contribution in [2.75, 3.05) is 5.32 Å². The van der Waals surface area contributed by atoms with Crippen LogP contribution in [-0.2, 0) is 6.42 Å². The number of aryl methyl sites for hydroxylation is 1. The van der Waals surface area contributed by atoms with Crippen LogP contribution >= 0.6 is 11.3 Å². The Hall–Kier alpha value is -2.86. The number of rotatable bonds is 5. The zero-order valence-corrected chi connectivity index (χ0v) is 15.1. The lowest BCUT2D eigenvalue weighted by molar-refractivity contribution is 0.102. The van der Waals surface area contributed by atoms with E-state index in [0.717, 1.165) is 35.4 Å². The third-order valence-corrected chi connectivity index (χ3v) is 5.32. The van der Waals surface area contributed by atoms with E-state index in [0.29, 0.717) is 21.8 Å². The lowest BCUT2D eigenvalue weighted by atomic mass is 10.0. The van der Waals surface area contributed by atoms with Crippen LogP contribution in [0.1, 0.15) is 51.1 Å². The Bertz CT molecular complexity index is 1010. The summed E-state index contributed by atoms with van der Waals surface area (Å²) in [6.45, 7) is 2.12. The maximum Gasteiger partial charge on any atom is 0.257 e. The molecule has 4 rings (SSSR count). The highest BCUT2D eigenvalue weighted by Gasteiger charge is 2.27. The van der Waals surface area contributed by atoms with Crippen LogP contribution in [0.25, 0.3) is 11.1 Å². The van der Waals surface area contributed by atoms with Gasteiger partial charge >= 0.3 is 0 Å². The van der Waals surface area contributed by atoms with Crippen molar-refractivity contribution in [1.29, 1.82) is 0 Å². The van der Waals surface area contributed by atoms with Gasteiger partial charge in [0, 0.05) is 23.1 Å². The molecule has 1 aliphatic carbocycles. The van der Waals surface area contributed by atoms with Gasteiger partial charge < -0.3 is 0 Å². The summed E-state index contributed by atoms with van der Waals surface area (Å²) in [4.78, 5) is 25.1. The summed E-state index contributed by atoms with van der Waals surface area (Å²) in [6.07, 6.45) is 3.01. The minimum Gasteiger partial charge on any atom is -0.296 e. The zero-order valence-electron chi connectivity index (χ0n) is 14.3. The number of ketones is 1. The van der Waals surface area contributed by atoms with E-state index in [2.05, 4.69) is 22.4 Å². The Morgan fingerprint density at radius 3 is 2.62 bits per heavy atom. The molecule has 2 aromatic carbocycles. The molecule has 1 heterocycles. The molecule has 0 fully saturated rings. The number of fused-ring (bicyclic) bond motifs is 3. The largest absolute Gasteiger partial charge is 0.296 e. The molecule has 130 valence electrons. The molecule has 1 aliphatic rings. The first-order valence-electron chi connectivity index (χ1n) is 8.59. The molecule has 5 nitrogen and oxygen atoms in total. The van der Waals surface area contributed by atoms with Crippen LogP contribution in [0.2, 0.25) is 0 Å². The number of nitrogens with one attached hydrogen (secondary N) is 1. The van der Waals surface area contributed by atoms with Crippen molar-refractivity contribution in [3.63, 3.8) is 0 Å². The van der Waals surface area contributed by atoms with E-state index in [1.165, 1.54) is 11.3 Å². The average molecular weight is 363 g/mol. The Kier molecular flexibility index (Phi) is 4.34. The normalized spacial score (nSPS) is 12.0. The Labute approximate surface area is 155 Å². The van der Waals surface area contributed by atoms with E-state index in [4.69, 9.17) is 0 Å². The van der Waals surface area contributed by atoms with E-state index in [1.807, 2.05) is 30.3 Å². The number of hydrogen-bond acceptors (Lipinski definition) is 5. The molecule has 0 unspecified atom stereocenters. The van der Waals surface area contributed by atoms with Crippen molar-refractivity contribution in [3.05, 3.63) is 64.2 Å². The number of benzene rings is 2. The third-order valence-electron chi connectivity index (χ3n) is 4.42. The van der Waals surface area contributed by atoms with Crippen molar-refractivity contribution in [2.24, 2.45) is 0 Å². The molecular formula is C20H17N3O2S. The molecule has 1 aromatic heterocycles. The first-order chi connectivity index (χ1) is 12.7. The molecule has 0 aliphatic heterocycles. The molecular weight excluding hydrogens is 346 g/mol. The molecule has 0 bridgehead atoms. The standard InChI is InChI=1S/C20H17N3O2S/c1-2-3-8-17-22-23-20(26-17)21-19(25)12-9-10-14-13-6-4-5-7-15(13)18(24)16(14)11-12/h4-7,9-11H,2-3,8H2,1H3,(H,21,23,25). The summed E-state index contributed by atoms with van der Waals surface area (Å²) in [6, 6.07) is 12.7. The third kappa shape index (κ3) is 2.93. The Balaban J connectivity index is 1.55. The molecule has 0 spiro atoms. The lowest BCUT2D eigenvalue weighted by Gasteiger charge is -2.04. The number of aromatic nitrogens is 2. The summed E-state index contributed by atoms with van der Waals surface area (Å²) in [7, 11) is 0. The van der Waals surface area contributed by atoms with Crippen molar-refractivity contribution in [1.82, 2.24) is 10.2 Å². The number of unbranched alkanes of at least 4 members (excludes halogenated alkanes) is 1. The average Bonchev–Trinajstić information content (AvgIpc) is 3.23. The minimum absolute atomic E-state index is 0.0389. The van der Waals surface area contributed by atoms with E-state index < -0.39 is 0 Å². The zero-order chi connectivity index (χ0) is 18.1. The second kappa shape index (κ2) is 6.80. The van der Waals surface area contributed by atoms with Crippen LogP contribution < -0.4 is 5.32 Å². The molecule has 6 heteroatoms. The van der Waals surface area contributed by atoms with Gasteiger partial charge in [-0.3, -0.25) is 14.9 Å².